The molecule has 0 radical (unpaired) electrons. The summed E-state index contributed by atoms with van der Waals surface area (Å²) < 4.78 is 16.6. The van der Waals surface area contributed by atoms with E-state index in [9.17, 15) is 20.1 Å². The van der Waals surface area contributed by atoms with Crippen LogP contribution in [0, 0.1) is 23.7 Å². The number of methoxy groups -OCH3 is 2. The number of hydrogen-bond acceptors (Lipinski definition) is 7. The van der Waals surface area contributed by atoms with Gasteiger partial charge in [-0.15, -0.1) is 0 Å². The van der Waals surface area contributed by atoms with E-state index in [1.54, 1.807) is 19.1 Å². The summed E-state index contributed by atoms with van der Waals surface area (Å²) in [5, 5.41) is 31.9. The van der Waals surface area contributed by atoms with Crippen LogP contribution >= 0.6 is 0 Å². The largest absolute Gasteiger partial charge is 0.490 e. The molecule has 1 aliphatic heterocycles. The summed E-state index contributed by atoms with van der Waals surface area (Å²) in [6, 6.07) is 0. The summed E-state index contributed by atoms with van der Waals surface area (Å²) in [6.45, 7) is 11.3. The number of carbonyl (C=O) groups is 1. The molecule has 0 amide bonds. The van der Waals surface area contributed by atoms with E-state index in [2.05, 4.69) is 0 Å². The number of aliphatic hydroxyl groups is 3. The second kappa shape index (κ2) is 15.2. The van der Waals surface area contributed by atoms with Gasteiger partial charge in [0.1, 0.15) is 12.2 Å². The van der Waals surface area contributed by atoms with E-state index in [4.69, 9.17) is 14.2 Å². The van der Waals surface area contributed by atoms with Crippen molar-refractivity contribution in [2.45, 2.75) is 78.8 Å². The van der Waals surface area contributed by atoms with Gasteiger partial charge in [-0.3, -0.25) is 0 Å². The van der Waals surface area contributed by atoms with Crippen LogP contribution in [0.4, 0.5) is 0 Å². The summed E-state index contributed by atoms with van der Waals surface area (Å²) in [5.41, 5.74) is 1.78. The van der Waals surface area contributed by atoms with Crippen LogP contribution in [0.3, 0.4) is 0 Å². The molecule has 0 bridgehead atoms. The number of allylic oxidation sites excluding steroid dienone is 5. The molecule has 7 nitrogen and oxygen atoms in total. The number of cyclic esters (lactones) is 1. The maximum absolute atomic E-state index is 13.0. The Kier molecular flexibility index (Phi) is 13.5. The van der Waals surface area contributed by atoms with E-state index in [0.717, 1.165) is 11.1 Å². The van der Waals surface area contributed by atoms with Crippen LogP contribution in [0.1, 0.15) is 54.4 Å². The monoisotopic (exact) mass is 494 g/mol. The minimum atomic E-state index is -0.751. The minimum Gasteiger partial charge on any atom is -0.490 e. The molecular weight excluding hydrogens is 448 g/mol. The van der Waals surface area contributed by atoms with E-state index < -0.39 is 30.4 Å². The molecule has 0 aromatic rings. The van der Waals surface area contributed by atoms with Crippen molar-refractivity contribution in [2.75, 3.05) is 20.8 Å². The molecule has 0 spiro atoms. The zero-order chi connectivity index (χ0) is 26.7. The summed E-state index contributed by atoms with van der Waals surface area (Å²) in [6.07, 6.45) is 7.56. The van der Waals surface area contributed by atoms with Crippen molar-refractivity contribution in [2.24, 2.45) is 23.7 Å². The molecule has 0 aliphatic carbocycles. The quantitative estimate of drug-likeness (QED) is 0.497. The average Bonchev–Trinajstić information content (AvgIpc) is 2.82. The Morgan fingerprint density at radius 2 is 1.83 bits per heavy atom. The van der Waals surface area contributed by atoms with Gasteiger partial charge in [0.05, 0.1) is 19.3 Å². The van der Waals surface area contributed by atoms with Gasteiger partial charge in [0.25, 0.3) is 0 Å². The standard InChI is InChI=1S/C28H46O7/c1-9-22-25(30)19(4)13-17(2)11-10-12-23(33-7)27(21(6)16-29)35-28(32)24(34-8)15-18(3)14-20(5)26(22)31/h10-12,14-15,19-23,25-27,29-31H,9,13,16H2,1-8H3/b12-10+,17-11+,18-14+,24-15-/t19-,20-,21+,22+,23+,25+,26-,27-/m1/s1. The first-order valence-electron chi connectivity index (χ1n) is 12.5. The highest BCUT2D eigenvalue weighted by atomic mass is 16.6. The Labute approximate surface area is 211 Å². The lowest BCUT2D eigenvalue weighted by Gasteiger charge is -2.33. The van der Waals surface area contributed by atoms with Gasteiger partial charge in [0, 0.05) is 31.5 Å². The molecule has 0 fully saturated rings. The fourth-order valence-electron chi connectivity index (χ4n) is 4.61. The van der Waals surface area contributed by atoms with Gasteiger partial charge >= 0.3 is 5.97 Å². The summed E-state index contributed by atoms with van der Waals surface area (Å²) in [7, 11) is 2.92. The fourth-order valence-corrected chi connectivity index (χ4v) is 4.61. The van der Waals surface area contributed by atoms with Crippen LogP contribution in [0.25, 0.3) is 0 Å². The number of esters is 1. The third-order valence-electron chi connectivity index (χ3n) is 6.79. The van der Waals surface area contributed by atoms with Gasteiger partial charge in [-0.25, -0.2) is 4.79 Å². The Morgan fingerprint density at radius 3 is 2.37 bits per heavy atom. The van der Waals surface area contributed by atoms with Crippen molar-refractivity contribution < 1.29 is 34.3 Å². The van der Waals surface area contributed by atoms with E-state index >= 15 is 0 Å². The molecule has 3 N–H and O–H groups in total. The molecule has 200 valence electrons. The first-order chi connectivity index (χ1) is 16.5. The minimum absolute atomic E-state index is 0.00645. The predicted octanol–water partition coefficient (Wildman–Crippen LogP) is 3.94. The first kappa shape index (κ1) is 31.1. The Bertz CT molecular complexity index is 782. The molecule has 8 atom stereocenters. The third-order valence-corrected chi connectivity index (χ3v) is 6.79. The van der Waals surface area contributed by atoms with Crippen LogP contribution in [-0.4, -0.2) is 66.5 Å². The zero-order valence-corrected chi connectivity index (χ0v) is 22.6. The van der Waals surface area contributed by atoms with Crippen molar-refractivity contribution in [3.63, 3.8) is 0 Å². The topological polar surface area (TPSA) is 105 Å². The maximum atomic E-state index is 13.0. The van der Waals surface area contributed by atoms with Crippen LogP contribution in [-0.2, 0) is 19.0 Å². The molecule has 0 aromatic carbocycles. The molecule has 35 heavy (non-hydrogen) atoms. The Hall–Kier alpha value is -1.93. The predicted molar refractivity (Wildman–Crippen MR) is 137 cm³/mol. The highest BCUT2D eigenvalue weighted by Gasteiger charge is 2.33. The first-order valence-corrected chi connectivity index (χ1v) is 12.5. The lowest BCUT2D eigenvalue weighted by molar-refractivity contribution is -0.158. The second-order valence-corrected chi connectivity index (χ2v) is 9.85. The number of hydrogen-bond donors (Lipinski definition) is 3. The van der Waals surface area contributed by atoms with E-state index in [0.29, 0.717) is 12.8 Å². The molecule has 1 rings (SSSR count). The summed E-state index contributed by atoms with van der Waals surface area (Å²) in [5.74, 6) is -1.64. The number of aliphatic hydroxyl groups excluding tert-OH is 3. The van der Waals surface area contributed by atoms with Crippen molar-refractivity contribution >= 4 is 5.97 Å². The lowest BCUT2D eigenvalue weighted by Crippen LogP contribution is -2.39. The highest BCUT2D eigenvalue weighted by Crippen LogP contribution is 2.29. The van der Waals surface area contributed by atoms with Crippen molar-refractivity contribution in [3.05, 3.63) is 47.3 Å². The number of ether oxygens (including phenoxy) is 3. The van der Waals surface area contributed by atoms with Crippen LogP contribution < -0.4 is 0 Å². The number of rotatable bonds is 5. The highest BCUT2D eigenvalue weighted by molar-refractivity contribution is 5.87. The van der Waals surface area contributed by atoms with Crippen LogP contribution in [0.2, 0.25) is 0 Å². The average molecular weight is 495 g/mol. The number of carbonyl (C=O) groups excluding carboxylic acids is 1. The normalized spacial score (nSPS) is 38.3. The van der Waals surface area contributed by atoms with Crippen molar-refractivity contribution in [1.29, 1.82) is 0 Å². The SMILES string of the molecule is CC[C@H]1[C@@H](O)[C@H](C)C/C(C)=C/C=C/[C@H](OC)[C@@H]([C@@H](C)CO)OC(=O)/C(OC)=C/C(C)=C/[C@@H](C)[C@H]1O. The fraction of sp³-hybridized carbons (Fsp3) is 0.679. The molecule has 7 heteroatoms. The smallest absolute Gasteiger partial charge is 0.373 e. The van der Waals surface area contributed by atoms with Gasteiger partial charge < -0.3 is 29.5 Å². The zero-order valence-electron chi connectivity index (χ0n) is 22.6. The van der Waals surface area contributed by atoms with Gasteiger partial charge in [0.15, 0.2) is 0 Å². The van der Waals surface area contributed by atoms with Crippen molar-refractivity contribution in [3.8, 4) is 0 Å². The third kappa shape index (κ3) is 9.22. The van der Waals surface area contributed by atoms with Crippen molar-refractivity contribution in [1.82, 2.24) is 0 Å². The molecule has 0 unspecified atom stereocenters. The van der Waals surface area contributed by atoms with E-state index in [1.165, 1.54) is 14.2 Å². The molecule has 0 aromatic heterocycles. The second-order valence-electron chi connectivity index (χ2n) is 9.85. The molecule has 0 saturated heterocycles. The summed E-state index contributed by atoms with van der Waals surface area (Å²) >= 11 is 0. The van der Waals surface area contributed by atoms with Crippen LogP contribution in [0.5, 0.6) is 0 Å². The van der Waals surface area contributed by atoms with Crippen LogP contribution in [0.15, 0.2) is 47.3 Å². The Balaban J connectivity index is 3.52. The Morgan fingerprint density at radius 1 is 1.17 bits per heavy atom. The summed E-state index contributed by atoms with van der Waals surface area (Å²) in [4.78, 5) is 13.0. The molecular formula is C28H46O7. The van der Waals surface area contributed by atoms with E-state index in [-0.39, 0.29) is 36.0 Å². The molecule has 1 heterocycles. The molecule has 1 aliphatic rings. The van der Waals surface area contributed by atoms with Gasteiger partial charge in [0.2, 0.25) is 5.76 Å². The van der Waals surface area contributed by atoms with E-state index in [1.807, 2.05) is 52.8 Å². The maximum Gasteiger partial charge on any atom is 0.373 e. The van der Waals surface area contributed by atoms with Gasteiger partial charge in [-0.2, -0.15) is 0 Å². The molecule has 0 saturated carbocycles. The lowest BCUT2D eigenvalue weighted by atomic mass is 9.79. The van der Waals surface area contributed by atoms with Gasteiger partial charge in [-0.05, 0) is 38.7 Å². The van der Waals surface area contributed by atoms with Gasteiger partial charge in [-0.1, -0.05) is 63.1 Å².